The Bertz CT molecular complexity index is 659. The first-order valence-corrected chi connectivity index (χ1v) is 7.53. The molecule has 0 heterocycles. The van der Waals surface area contributed by atoms with E-state index in [9.17, 15) is 9.18 Å². The lowest BCUT2D eigenvalue weighted by Gasteiger charge is -2.15. The first-order valence-electron chi connectivity index (χ1n) is 7.53. The van der Waals surface area contributed by atoms with Crippen molar-refractivity contribution in [2.75, 3.05) is 19.8 Å². The third kappa shape index (κ3) is 3.19. The van der Waals surface area contributed by atoms with Crippen LogP contribution in [0.5, 0.6) is 0 Å². The van der Waals surface area contributed by atoms with Crippen LogP contribution in [-0.4, -0.2) is 37.1 Å². The minimum absolute atomic E-state index is 0.0146. The zero-order chi connectivity index (χ0) is 16.2. The third-order valence-electron chi connectivity index (χ3n) is 4.00. The summed E-state index contributed by atoms with van der Waals surface area (Å²) in [6.07, 6.45) is -1.85. The highest BCUT2D eigenvalue weighted by Gasteiger charge is 2.28. The van der Waals surface area contributed by atoms with E-state index >= 15 is 0 Å². The zero-order valence-electron chi connectivity index (χ0n) is 12.5. The van der Waals surface area contributed by atoms with Crippen molar-refractivity contribution in [3.63, 3.8) is 0 Å². The Morgan fingerprint density at radius 1 is 1.13 bits per heavy atom. The van der Waals surface area contributed by atoms with Gasteiger partial charge in [0, 0.05) is 12.5 Å². The standard InChI is InChI=1S/C18H18FNO3/c19-9-12(21)10-20-18(22)23-11-17-15-7-3-1-5-13(15)14-6-2-4-8-16(14)17/h1-8,12,17,21H,9-11H2,(H,20,22). The van der Waals surface area contributed by atoms with Crippen molar-refractivity contribution in [1.82, 2.24) is 5.32 Å². The van der Waals surface area contributed by atoms with Crippen molar-refractivity contribution in [3.05, 3.63) is 59.7 Å². The van der Waals surface area contributed by atoms with E-state index in [2.05, 4.69) is 17.4 Å². The van der Waals surface area contributed by atoms with Gasteiger partial charge in [-0.15, -0.1) is 0 Å². The molecule has 3 rings (SSSR count). The van der Waals surface area contributed by atoms with Gasteiger partial charge >= 0.3 is 6.09 Å². The second kappa shape index (κ2) is 6.79. The molecule has 0 fully saturated rings. The molecule has 2 N–H and O–H groups in total. The third-order valence-corrected chi connectivity index (χ3v) is 4.00. The molecule has 0 saturated carbocycles. The molecular formula is C18H18FNO3. The number of carbonyl (C=O) groups excluding carboxylic acids is 1. The Balaban J connectivity index is 1.70. The van der Waals surface area contributed by atoms with Gasteiger partial charge < -0.3 is 15.2 Å². The normalized spacial score (nSPS) is 14.0. The second-order valence-electron chi connectivity index (χ2n) is 5.51. The van der Waals surface area contributed by atoms with Crippen LogP contribution in [0.15, 0.2) is 48.5 Å². The first-order chi connectivity index (χ1) is 11.2. The van der Waals surface area contributed by atoms with Crippen LogP contribution in [0.4, 0.5) is 9.18 Å². The number of amides is 1. The number of halogens is 1. The highest BCUT2D eigenvalue weighted by atomic mass is 19.1. The summed E-state index contributed by atoms with van der Waals surface area (Å²) < 4.78 is 17.4. The van der Waals surface area contributed by atoms with Gasteiger partial charge in [0.15, 0.2) is 0 Å². The molecule has 0 bridgehead atoms. The lowest BCUT2D eigenvalue weighted by atomic mass is 9.98. The van der Waals surface area contributed by atoms with Gasteiger partial charge in [-0.05, 0) is 22.3 Å². The van der Waals surface area contributed by atoms with E-state index in [4.69, 9.17) is 9.84 Å². The first kappa shape index (κ1) is 15.5. The van der Waals surface area contributed by atoms with E-state index in [1.54, 1.807) is 0 Å². The monoisotopic (exact) mass is 315 g/mol. The molecule has 0 aliphatic heterocycles. The Morgan fingerprint density at radius 2 is 1.70 bits per heavy atom. The summed E-state index contributed by atoms with van der Waals surface area (Å²) in [5.74, 6) is -0.0146. The zero-order valence-corrected chi connectivity index (χ0v) is 12.5. The van der Waals surface area contributed by atoms with Crippen molar-refractivity contribution >= 4 is 6.09 Å². The van der Waals surface area contributed by atoms with Crippen molar-refractivity contribution in [1.29, 1.82) is 0 Å². The minimum atomic E-state index is -1.20. The Hall–Kier alpha value is -2.40. The molecule has 0 aromatic heterocycles. The maximum Gasteiger partial charge on any atom is 0.407 e. The number of nitrogens with one attached hydrogen (secondary N) is 1. The molecule has 1 aliphatic carbocycles. The van der Waals surface area contributed by atoms with Crippen molar-refractivity contribution in [2.45, 2.75) is 12.0 Å². The van der Waals surface area contributed by atoms with Crippen molar-refractivity contribution in [3.8, 4) is 11.1 Å². The number of alkyl carbamates (subject to hydrolysis) is 1. The van der Waals surface area contributed by atoms with Crippen molar-refractivity contribution in [2.24, 2.45) is 0 Å². The van der Waals surface area contributed by atoms with E-state index in [0.717, 1.165) is 22.3 Å². The number of fused-ring (bicyclic) bond motifs is 3. The fourth-order valence-electron chi connectivity index (χ4n) is 2.91. The highest BCUT2D eigenvalue weighted by Crippen LogP contribution is 2.44. The van der Waals surface area contributed by atoms with Gasteiger partial charge in [-0.2, -0.15) is 0 Å². The lowest BCUT2D eigenvalue weighted by Crippen LogP contribution is -2.34. The van der Waals surface area contributed by atoms with E-state index in [0.29, 0.717) is 0 Å². The number of aliphatic hydroxyl groups excluding tert-OH is 1. The molecule has 0 spiro atoms. The van der Waals surface area contributed by atoms with Gasteiger partial charge in [-0.25, -0.2) is 9.18 Å². The lowest BCUT2D eigenvalue weighted by molar-refractivity contribution is 0.117. The number of carbonyl (C=O) groups is 1. The van der Waals surface area contributed by atoms with Crippen LogP contribution in [0.1, 0.15) is 17.0 Å². The van der Waals surface area contributed by atoms with Crippen LogP contribution in [0.2, 0.25) is 0 Å². The number of hydrogen-bond donors (Lipinski definition) is 2. The molecule has 1 atom stereocenters. The molecule has 4 nitrogen and oxygen atoms in total. The average Bonchev–Trinajstić information content (AvgIpc) is 2.92. The van der Waals surface area contributed by atoms with Crippen LogP contribution in [0.25, 0.3) is 11.1 Å². The molecule has 2 aromatic rings. The predicted octanol–water partition coefficient (Wildman–Crippen LogP) is 2.86. The maximum atomic E-state index is 12.2. The summed E-state index contributed by atoms with van der Waals surface area (Å²) in [5, 5.41) is 11.5. The van der Waals surface area contributed by atoms with Crippen LogP contribution >= 0.6 is 0 Å². The molecule has 120 valence electrons. The number of alkyl halides is 1. The Labute approximate surface area is 133 Å². The number of hydrogen-bond acceptors (Lipinski definition) is 3. The number of benzene rings is 2. The molecule has 1 amide bonds. The Kier molecular flexibility index (Phi) is 4.57. The predicted molar refractivity (Wildman–Crippen MR) is 85.1 cm³/mol. The van der Waals surface area contributed by atoms with Gasteiger partial charge in [0.05, 0.1) is 6.10 Å². The largest absolute Gasteiger partial charge is 0.449 e. The number of ether oxygens (including phenoxy) is 1. The molecular weight excluding hydrogens is 297 g/mol. The molecule has 1 aliphatic rings. The summed E-state index contributed by atoms with van der Waals surface area (Å²) in [5.41, 5.74) is 4.57. The molecule has 0 saturated heterocycles. The van der Waals surface area contributed by atoms with Crippen LogP contribution in [0, 0.1) is 0 Å². The minimum Gasteiger partial charge on any atom is -0.449 e. The van der Waals surface area contributed by atoms with Gasteiger partial charge in [0.1, 0.15) is 13.3 Å². The molecule has 5 heteroatoms. The van der Waals surface area contributed by atoms with Gasteiger partial charge in [0.2, 0.25) is 0 Å². The molecule has 23 heavy (non-hydrogen) atoms. The maximum absolute atomic E-state index is 12.2. The number of aliphatic hydroxyl groups is 1. The highest BCUT2D eigenvalue weighted by molar-refractivity contribution is 5.79. The quantitative estimate of drug-likeness (QED) is 0.892. The summed E-state index contributed by atoms with van der Waals surface area (Å²) in [6, 6.07) is 16.1. The summed E-state index contributed by atoms with van der Waals surface area (Å²) >= 11 is 0. The summed E-state index contributed by atoms with van der Waals surface area (Å²) in [7, 11) is 0. The Morgan fingerprint density at radius 3 is 2.26 bits per heavy atom. The SMILES string of the molecule is O=C(NCC(O)CF)OCC1c2ccccc2-c2ccccc21. The molecule has 1 unspecified atom stereocenters. The molecule has 2 aromatic carbocycles. The van der Waals surface area contributed by atoms with Crippen molar-refractivity contribution < 1.29 is 19.0 Å². The summed E-state index contributed by atoms with van der Waals surface area (Å²) in [6.45, 7) is -0.859. The second-order valence-corrected chi connectivity index (χ2v) is 5.51. The molecule has 0 radical (unpaired) electrons. The fourth-order valence-corrected chi connectivity index (χ4v) is 2.91. The van der Waals surface area contributed by atoms with E-state index in [1.807, 2.05) is 36.4 Å². The van der Waals surface area contributed by atoms with Gasteiger partial charge in [-0.3, -0.25) is 0 Å². The average molecular weight is 315 g/mol. The van der Waals surface area contributed by atoms with E-state index < -0.39 is 18.9 Å². The number of rotatable bonds is 5. The smallest absolute Gasteiger partial charge is 0.407 e. The van der Waals surface area contributed by atoms with Crippen LogP contribution in [-0.2, 0) is 4.74 Å². The van der Waals surface area contributed by atoms with E-state index in [-0.39, 0.29) is 19.1 Å². The van der Waals surface area contributed by atoms with Gasteiger partial charge in [-0.1, -0.05) is 48.5 Å². The van der Waals surface area contributed by atoms with Crippen LogP contribution < -0.4 is 5.32 Å². The van der Waals surface area contributed by atoms with Gasteiger partial charge in [0.25, 0.3) is 0 Å². The van der Waals surface area contributed by atoms with E-state index in [1.165, 1.54) is 0 Å². The fraction of sp³-hybridized carbons (Fsp3) is 0.278. The van der Waals surface area contributed by atoms with Crippen LogP contribution in [0.3, 0.4) is 0 Å². The topological polar surface area (TPSA) is 58.6 Å². The summed E-state index contributed by atoms with van der Waals surface area (Å²) in [4.78, 5) is 11.7.